The van der Waals surface area contributed by atoms with Crippen molar-refractivity contribution in [2.45, 2.75) is 82.8 Å². The summed E-state index contributed by atoms with van der Waals surface area (Å²) in [6, 6.07) is 0. The lowest BCUT2D eigenvalue weighted by Gasteiger charge is -2.63. The van der Waals surface area contributed by atoms with Gasteiger partial charge in [0.05, 0.1) is 6.10 Å². The zero-order chi connectivity index (χ0) is 23.0. The first-order valence-electron chi connectivity index (χ1n) is 11.0. The van der Waals surface area contributed by atoms with Crippen LogP contribution in [0.15, 0.2) is 11.6 Å². The molecule has 6 nitrogen and oxygen atoms in total. The van der Waals surface area contributed by atoms with Gasteiger partial charge in [-0.1, -0.05) is 13.8 Å². The minimum absolute atomic E-state index is 0.0302. The third kappa shape index (κ3) is 2.76. The van der Waals surface area contributed by atoms with E-state index in [0.29, 0.717) is 6.42 Å². The van der Waals surface area contributed by atoms with Crippen LogP contribution in [0, 0.1) is 22.7 Å². The minimum Gasteiger partial charge on any atom is -0.458 e. The number of fused-ring (bicyclic) bond motifs is 5. The van der Waals surface area contributed by atoms with E-state index < -0.39 is 64.6 Å². The molecule has 2 N–H and O–H groups in total. The SMILES string of the molecule is CC(=O)OCC(=O)[C@@]1(O)CCC2C3C[C@H](F)C4=CC(=O)CCC4(C)[C@@]3(F)C(O)CC21C. The highest BCUT2D eigenvalue weighted by Crippen LogP contribution is 2.70. The second kappa shape index (κ2) is 6.91. The van der Waals surface area contributed by atoms with E-state index in [9.17, 15) is 24.6 Å². The molecule has 4 rings (SSSR count). The number of ketones is 2. The van der Waals surface area contributed by atoms with Gasteiger partial charge in [-0.15, -0.1) is 0 Å². The molecule has 0 saturated heterocycles. The van der Waals surface area contributed by atoms with E-state index in [2.05, 4.69) is 0 Å². The van der Waals surface area contributed by atoms with Crippen LogP contribution in [0.2, 0.25) is 0 Å². The molecular weight excluding hydrogens is 410 g/mol. The Morgan fingerprint density at radius 2 is 1.94 bits per heavy atom. The van der Waals surface area contributed by atoms with Gasteiger partial charge in [0.15, 0.2) is 12.4 Å². The van der Waals surface area contributed by atoms with Crippen LogP contribution in [0.25, 0.3) is 0 Å². The zero-order valence-corrected chi connectivity index (χ0v) is 18.1. The number of rotatable bonds is 3. The number of aliphatic hydroxyl groups is 2. The van der Waals surface area contributed by atoms with Crippen molar-refractivity contribution in [3.05, 3.63) is 11.6 Å². The van der Waals surface area contributed by atoms with Gasteiger partial charge >= 0.3 is 5.97 Å². The zero-order valence-electron chi connectivity index (χ0n) is 18.1. The standard InChI is InChI=1S/C23H30F2O6/c1-12(26)31-11-19(29)22(30)7-5-14-15-9-17(24)16-8-13(27)4-6-20(16,2)23(15,25)18(28)10-21(14,22)3/h8,14-15,17-18,28,30H,4-7,9-11H2,1-3H3/t14?,15?,17-,18?,20?,21?,22-,23-/m0/s1. The van der Waals surface area contributed by atoms with Crippen LogP contribution in [-0.2, 0) is 19.1 Å². The number of carbonyl (C=O) groups excluding carboxylic acids is 3. The molecule has 3 fully saturated rings. The number of Topliss-reactive ketones (excluding diaryl/α,β-unsaturated/α-hetero) is 1. The fourth-order valence-electron chi connectivity index (χ4n) is 7.31. The number of hydrogen-bond acceptors (Lipinski definition) is 6. The molecule has 0 bridgehead atoms. The summed E-state index contributed by atoms with van der Waals surface area (Å²) in [5.41, 5.74) is -6.47. The van der Waals surface area contributed by atoms with E-state index in [1.165, 1.54) is 6.08 Å². The van der Waals surface area contributed by atoms with Crippen molar-refractivity contribution < 1.29 is 38.1 Å². The Labute approximate surface area is 180 Å². The molecular formula is C23H30F2O6. The van der Waals surface area contributed by atoms with Gasteiger partial charge in [-0.3, -0.25) is 14.4 Å². The van der Waals surface area contributed by atoms with Crippen LogP contribution in [0.1, 0.15) is 59.3 Å². The molecule has 0 radical (unpaired) electrons. The highest BCUT2D eigenvalue weighted by Gasteiger charge is 2.75. The molecule has 0 amide bonds. The summed E-state index contributed by atoms with van der Waals surface area (Å²) in [5, 5.41) is 22.5. The van der Waals surface area contributed by atoms with E-state index in [1.807, 2.05) is 0 Å². The summed E-state index contributed by atoms with van der Waals surface area (Å²) in [4.78, 5) is 35.9. The molecule has 0 aliphatic heterocycles. The van der Waals surface area contributed by atoms with Gasteiger partial charge in [-0.2, -0.15) is 0 Å². The van der Waals surface area contributed by atoms with Crippen LogP contribution in [0.5, 0.6) is 0 Å². The molecule has 0 spiro atoms. The predicted octanol–water partition coefficient (Wildman–Crippen LogP) is 2.39. The molecule has 31 heavy (non-hydrogen) atoms. The van der Waals surface area contributed by atoms with Crippen LogP contribution in [0.3, 0.4) is 0 Å². The van der Waals surface area contributed by atoms with Crippen molar-refractivity contribution in [1.82, 2.24) is 0 Å². The van der Waals surface area contributed by atoms with E-state index in [-0.39, 0.29) is 43.5 Å². The monoisotopic (exact) mass is 440 g/mol. The summed E-state index contributed by atoms with van der Waals surface area (Å²) in [7, 11) is 0. The van der Waals surface area contributed by atoms with Gasteiger partial charge in [0, 0.05) is 30.1 Å². The second-order valence-corrected chi connectivity index (χ2v) is 10.3. The van der Waals surface area contributed by atoms with E-state index in [0.717, 1.165) is 6.92 Å². The number of carbonyl (C=O) groups is 3. The molecule has 3 saturated carbocycles. The first-order valence-corrected chi connectivity index (χ1v) is 11.0. The number of allylic oxidation sites excluding steroid dienone is 1. The summed E-state index contributed by atoms with van der Waals surface area (Å²) in [6.45, 7) is 3.78. The van der Waals surface area contributed by atoms with Crippen molar-refractivity contribution in [2.75, 3.05) is 6.61 Å². The third-order valence-electron chi connectivity index (χ3n) is 9.04. The van der Waals surface area contributed by atoms with Gasteiger partial charge in [0.2, 0.25) is 5.78 Å². The number of alkyl halides is 2. The number of hydrogen-bond donors (Lipinski definition) is 2. The molecule has 4 aliphatic rings. The van der Waals surface area contributed by atoms with Crippen LogP contribution < -0.4 is 0 Å². The topological polar surface area (TPSA) is 101 Å². The molecule has 5 unspecified atom stereocenters. The van der Waals surface area contributed by atoms with Gasteiger partial charge < -0.3 is 14.9 Å². The van der Waals surface area contributed by atoms with E-state index in [1.54, 1.807) is 13.8 Å². The number of aliphatic hydroxyl groups excluding tert-OH is 1. The van der Waals surface area contributed by atoms with Gasteiger partial charge in [0.25, 0.3) is 0 Å². The fourth-order valence-corrected chi connectivity index (χ4v) is 7.31. The summed E-state index contributed by atoms with van der Waals surface area (Å²) in [5.74, 6) is -3.04. The van der Waals surface area contributed by atoms with Gasteiger partial charge in [-0.25, -0.2) is 8.78 Å². The number of esters is 1. The highest BCUT2D eigenvalue weighted by atomic mass is 19.1. The van der Waals surface area contributed by atoms with E-state index >= 15 is 8.78 Å². The molecule has 8 atom stereocenters. The molecule has 0 aromatic heterocycles. The molecule has 0 aromatic rings. The largest absolute Gasteiger partial charge is 0.458 e. The fraction of sp³-hybridized carbons (Fsp3) is 0.783. The second-order valence-electron chi connectivity index (χ2n) is 10.3. The molecule has 0 heterocycles. The highest BCUT2D eigenvalue weighted by molar-refractivity contribution is 5.92. The van der Waals surface area contributed by atoms with Crippen molar-refractivity contribution >= 4 is 17.5 Å². The quantitative estimate of drug-likeness (QED) is 0.654. The van der Waals surface area contributed by atoms with Crippen molar-refractivity contribution in [1.29, 1.82) is 0 Å². The lowest BCUT2D eigenvalue weighted by Crippen LogP contribution is -2.70. The smallest absolute Gasteiger partial charge is 0.303 e. The predicted molar refractivity (Wildman–Crippen MR) is 105 cm³/mol. The maximum Gasteiger partial charge on any atom is 0.303 e. The Kier molecular flexibility index (Phi) is 5.02. The lowest BCUT2D eigenvalue weighted by molar-refractivity contribution is -0.232. The van der Waals surface area contributed by atoms with Crippen molar-refractivity contribution in [2.24, 2.45) is 22.7 Å². The summed E-state index contributed by atoms with van der Waals surface area (Å²) in [6.07, 6.45) is -1.73. The van der Waals surface area contributed by atoms with Crippen molar-refractivity contribution in [3.8, 4) is 0 Å². The molecule has 172 valence electrons. The molecule has 8 heteroatoms. The Morgan fingerprint density at radius 3 is 2.58 bits per heavy atom. The first-order chi connectivity index (χ1) is 14.3. The van der Waals surface area contributed by atoms with E-state index in [4.69, 9.17) is 4.74 Å². The van der Waals surface area contributed by atoms with Crippen LogP contribution in [0.4, 0.5) is 8.78 Å². The molecule has 4 aliphatic carbocycles. The Hall–Kier alpha value is -1.67. The molecule has 0 aromatic carbocycles. The minimum atomic E-state index is -2.17. The van der Waals surface area contributed by atoms with Gasteiger partial charge in [0.1, 0.15) is 17.4 Å². The Balaban J connectivity index is 1.74. The maximum atomic E-state index is 16.9. The average molecular weight is 440 g/mol. The lowest BCUT2D eigenvalue weighted by atomic mass is 9.43. The Morgan fingerprint density at radius 1 is 1.26 bits per heavy atom. The number of halogens is 2. The summed E-state index contributed by atoms with van der Waals surface area (Å²) < 4.78 is 37.0. The maximum absolute atomic E-state index is 16.9. The third-order valence-corrected chi connectivity index (χ3v) is 9.04. The Bertz CT molecular complexity index is 872. The first kappa shape index (κ1) is 22.5. The average Bonchev–Trinajstić information content (AvgIpc) is 2.96. The van der Waals surface area contributed by atoms with Gasteiger partial charge in [-0.05, 0) is 49.7 Å². The van der Waals surface area contributed by atoms with Crippen molar-refractivity contribution in [3.63, 3.8) is 0 Å². The summed E-state index contributed by atoms with van der Waals surface area (Å²) >= 11 is 0. The normalized spacial score (nSPS) is 48.9. The van der Waals surface area contributed by atoms with Crippen LogP contribution in [-0.4, -0.2) is 57.9 Å². The van der Waals surface area contributed by atoms with Crippen LogP contribution >= 0.6 is 0 Å². The number of ether oxygens (including phenoxy) is 1.